The van der Waals surface area contributed by atoms with Gasteiger partial charge in [-0.1, -0.05) is 65.0 Å². The molecule has 1 fully saturated rings. The summed E-state index contributed by atoms with van der Waals surface area (Å²) < 4.78 is 0. The summed E-state index contributed by atoms with van der Waals surface area (Å²) in [5.41, 5.74) is -0.500. The van der Waals surface area contributed by atoms with E-state index in [4.69, 9.17) is 0 Å². The van der Waals surface area contributed by atoms with E-state index >= 15 is 0 Å². The zero-order chi connectivity index (χ0) is 17.3. The van der Waals surface area contributed by atoms with Crippen molar-refractivity contribution in [3.05, 3.63) is 36.0 Å². The van der Waals surface area contributed by atoms with Gasteiger partial charge < -0.3 is 5.11 Å². The molecular formula is C21H32O2. The Balaban J connectivity index is 2.23. The van der Waals surface area contributed by atoms with Gasteiger partial charge in [0.15, 0.2) is 5.78 Å². The highest BCUT2D eigenvalue weighted by Gasteiger charge is 2.42. The van der Waals surface area contributed by atoms with Gasteiger partial charge in [-0.05, 0) is 43.4 Å². The van der Waals surface area contributed by atoms with E-state index in [2.05, 4.69) is 40.7 Å². The molecule has 2 aliphatic rings. The van der Waals surface area contributed by atoms with Crippen molar-refractivity contribution in [2.45, 2.75) is 72.3 Å². The molecule has 0 aromatic carbocycles. The predicted octanol–water partition coefficient (Wildman–Crippen LogP) is 4.99. The number of Topliss-reactive ketones (excluding diaryl/α,β-unsaturated/α-hetero) is 1. The lowest BCUT2D eigenvalue weighted by Crippen LogP contribution is -2.39. The predicted molar refractivity (Wildman–Crippen MR) is 96.1 cm³/mol. The highest BCUT2D eigenvalue weighted by Crippen LogP contribution is 2.44. The summed E-state index contributed by atoms with van der Waals surface area (Å²) in [6, 6.07) is 0. The van der Waals surface area contributed by atoms with Crippen molar-refractivity contribution in [2.24, 2.45) is 16.7 Å². The van der Waals surface area contributed by atoms with Crippen molar-refractivity contribution < 1.29 is 9.90 Å². The van der Waals surface area contributed by atoms with E-state index in [0.29, 0.717) is 24.3 Å². The second-order valence-corrected chi connectivity index (χ2v) is 8.66. The summed E-state index contributed by atoms with van der Waals surface area (Å²) >= 11 is 0. The first-order chi connectivity index (χ1) is 10.6. The maximum Gasteiger partial charge on any atom is 0.194 e. The fraction of sp³-hybridized carbons (Fsp3) is 0.667. The lowest BCUT2D eigenvalue weighted by molar-refractivity contribution is -0.134. The van der Waals surface area contributed by atoms with Crippen molar-refractivity contribution in [3.63, 3.8) is 0 Å². The van der Waals surface area contributed by atoms with Crippen LogP contribution in [0.5, 0.6) is 0 Å². The summed E-state index contributed by atoms with van der Waals surface area (Å²) in [6.45, 7) is 11.0. The molecule has 128 valence electrons. The van der Waals surface area contributed by atoms with Crippen LogP contribution in [0.15, 0.2) is 36.0 Å². The highest BCUT2D eigenvalue weighted by atomic mass is 16.3. The molecule has 2 aliphatic carbocycles. The van der Waals surface area contributed by atoms with Crippen molar-refractivity contribution >= 4 is 5.78 Å². The lowest BCUT2D eigenvalue weighted by atomic mass is 9.72. The third kappa shape index (κ3) is 4.03. The van der Waals surface area contributed by atoms with E-state index in [9.17, 15) is 9.90 Å². The van der Waals surface area contributed by atoms with Crippen LogP contribution in [0.25, 0.3) is 0 Å². The second kappa shape index (κ2) is 6.39. The normalized spacial score (nSPS) is 34.0. The van der Waals surface area contributed by atoms with Crippen LogP contribution in [0.2, 0.25) is 0 Å². The Morgan fingerprint density at radius 1 is 1.09 bits per heavy atom. The molecule has 0 radical (unpaired) electrons. The van der Waals surface area contributed by atoms with Crippen molar-refractivity contribution in [3.8, 4) is 0 Å². The van der Waals surface area contributed by atoms with Gasteiger partial charge in [-0.15, -0.1) is 0 Å². The molecular weight excluding hydrogens is 284 g/mol. The largest absolute Gasteiger partial charge is 0.382 e. The second-order valence-electron chi connectivity index (χ2n) is 8.66. The Hall–Kier alpha value is -1.15. The van der Waals surface area contributed by atoms with E-state index in [1.165, 1.54) is 0 Å². The third-order valence-corrected chi connectivity index (χ3v) is 5.97. The number of carbonyl (C=O) groups is 1. The van der Waals surface area contributed by atoms with Gasteiger partial charge in [0.25, 0.3) is 0 Å². The molecule has 0 aromatic heterocycles. The Labute approximate surface area is 141 Å². The van der Waals surface area contributed by atoms with Gasteiger partial charge in [0.05, 0.1) is 0 Å². The average Bonchev–Trinajstić information content (AvgIpc) is 2.74. The van der Waals surface area contributed by atoms with Crippen LogP contribution in [0.3, 0.4) is 0 Å². The van der Waals surface area contributed by atoms with E-state index in [0.717, 1.165) is 19.3 Å². The van der Waals surface area contributed by atoms with Crippen LogP contribution < -0.4 is 0 Å². The number of hydrogen-bond donors (Lipinski definition) is 1. The number of carbonyl (C=O) groups excluding carboxylic acids is 1. The van der Waals surface area contributed by atoms with Gasteiger partial charge in [-0.2, -0.15) is 0 Å². The van der Waals surface area contributed by atoms with E-state index < -0.39 is 5.60 Å². The van der Waals surface area contributed by atoms with E-state index in [1.54, 1.807) is 0 Å². The Morgan fingerprint density at radius 3 is 2.43 bits per heavy atom. The number of rotatable bonds is 3. The van der Waals surface area contributed by atoms with Gasteiger partial charge in [-0.3, -0.25) is 4.79 Å². The molecule has 2 unspecified atom stereocenters. The minimum atomic E-state index is -1.21. The summed E-state index contributed by atoms with van der Waals surface area (Å²) in [5, 5.41) is 11.1. The topological polar surface area (TPSA) is 37.3 Å². The molecule has 1 saturated carbocycles. The van der Waals surface area contributed by atoms with E-state index in [-0.39, 0.29) is 16.6 Å². The van der Waals surface area contributed by atoms with Crippen molar-refractivity contribution in [1.82, 2.24) is 0 Å². The van der Waals surface area contributed by atoms with Crippen LogP contribution in [0, 0.1) is 16.7 Å². The van der Waals surface area contributed by atoms with Gasteiger partial charge in [0.1, 0.15) is 5.60 Å². The minimum Gasteiger partial charge on any atom is -0.382 e. The standard InChI is InChI=1S/C21H32O2/c1-16(2)20(5)11-8-12-21(23,14-13-20)18(22)17-9-6-7-10-19(3,4)15-17/h6-7,9-10,15-16,23H,8,11-14H2,1-5H3. The van der Waals surface area contributed by atoms with Crippen molar-refractivity contribution in [1.29, 1.82) is 0 Å². The SMILES string of the molecule is CC(C)C1(C)CCCC(O)(C(=O)C2=CC(C)(C)C=CC=C2)CC1. The first kappa shape index (κ1) is 18.2. The van der Waals surface area contributed by atoms with Crippen LogP contribution in [-0.2, 0) is 4.79 Å². The summed E-state index contributed by atoms with van der Waals surface area (Å²) in [5.74, 6) is 0.471. The Kier molecular flexibility index (Phi) is 5.06. The van der Waals surface area contributed by atoms with Crippen LogP contribution in [0.1, 0.15) is 66.7 Å². The molecule has 0 saturated heterocycles. The first-order valence-electron chi connectivity index (χ1n) is 8.94. The molecule has 0 aromatic rings. The quantitative estimate of drug-likeness (QED) is 0.745. The number of ketones is 1. The van der Waals surface area contributed by atoms with Gasteiger partial charge in [-0.25, -0.2) is 0 Å². The molecule has 2 heteroatoms. The fourth-order valence-electron chi connectivity index (χ4n) is 3.70. The number of allylic oxidation sites excluding steroid dienone is 5. The molecule has 1 N–H and O–H groups in total. The maximum atomic E-state index is 13.1. The summed E-state index contributed by atoms with van der Waals surface area (Å²) in [7, 11) is 0. The van der Waals surface area contributed by atoms with Crippen LogP contribution in [-0.4, -0.2) is 16.5 Å². The molecule has 2 nitrogen and oxygen atoms in total. The van der Waals surface area contributed by atoms with Gasteiger partial charge in [0.2, 0.25) is 0 Å². The molecule has 23 heavy (non-hydrogen) atoms. The van der Waals surface area contributed by atoms with Crippen LogP contribution >= 0.6 is 0 Å². The smallest absolute Gasteiger partial charge is 0.194 e. The molecule has 0 heterocycles. The van der Waals surface area contributed by atoms with Gasteiger partial charge >= 0.3 is 0 Å². The average molecular weight is 316 g/mol. The number of aliphatic hydroxyl groups is 1. The summed E-state index contributed by atoms with van der Waals surface area (Å²) in [6.07, 6.45) is 13.8. The molecule has 2 atom stereocenters. The lowest BCUT2D eigenvalue weighted by Gasteiger charge is -2.33. The number of hydrogen-bond acceptors (Lipinski definition) is 2. The van der Waals surface area contributed by atoms with Gasteiger partial charge in [0, 0.05) is 11.0 Å². The molecule has 2 rings (SSSR count). The zero-order valence-electron chi connectivity index (χ0n) is 15.4. The van der Waals surface area contributed by atoms with Crippen LogP contribution in [0.4, 0.5) is 0 Å². The first-order valence-corrected chi connectivity index (χ1v) is 8.94. The third-order valence-electron chi connectivity index (χ3n) is 5.97. The Morgan fingerprint density at radius 2 is 1.78 bits per heavy atom. The fourth-order valence-corrected chi connectivity index (χ4v) is 3.70. The van der Waals surface area contributed by atoms with E-state index in [1.807, 2.05) is 24.3 Å². The Bertz CT molecular complexity index is 550. The molecule has 0 bridgehead atoms. The minimum absolute atomic E-state index is 0.0986. The zero-order valence-corrected chi connectivity index (χ0v) is 15.4. The van der Waals surface area contributed by atoms with Crippen molar-refractivity contribution in [2.75, 3.05) is 0 Å². The summed E-state index contributed by atoms with van der Waals surface area (Å²) in [4.78, 5) is 13.1. The maximum absolute atomic E-state index is 13.1. The monoisotopic (exact) mass is 316 g/mol. The molecule has 0 amide bonds. The molecule has 0 aliphatic heterocycles. The highest BCUT2D eigenvalue weighted by molar-refractivity contribution is 6.04. The molecule has 0 spiro atoms.